The van der Waals surface area contributed by atoms with Crippen molar-refractivity contribution in [3.63, 3.8) is 0 Å². The summed E-state index contributed by atoms with van der Waals surface area (Å²) in [4.78, 5) is 33.3. The average Bonchev–Trinajstić information content (AvgIpc) is 3.28. The molecule has 5 rings (SSSR count). The first kappa shape index (κ1) is 29.4. The van der Waals surface area contributed by atoms with Crippen LogP contribution in [-0.2, 0) is 16.2 Å². The van der Waals surface area contributed by atoms with Gasteiger partial charge >= 0.3 is 5.97 Å². The van der Waals surface area contributed by atoms with Crippen molar-refractivity contribution >= 4 is 17.6 Å². The first-order valence-corrected chi connectivity index (χ1v) is 14.2. The van der Waals surface area contributed by atoms with E-state index >= 15 is 4.39 Å². The van der Waals surface area contributed by atoms with Crippen LogP contribution >= 0.6 is 0 Å². The monoisotopic (exact) mass is 568 g/mol. The first-order chi connectivity index (χ1) is 19.3. The van der Waals surface area contributed by atoms with Gasteiger partial charge in [-0.25, -0.2) is 9.18 Å². The maximum atomic E-state index is 16.0. The minimum Gasteiger partial charge on any atom is -0.478 e. The van der Waals surface area contributed by atoms with E-state index in [1.165, 1.54) is 17.2 Å². The van der Waals surface area contributed by atoms with Gasteiger partial charge < -0.3 is 26.2 Å². The summed E-state index contributed by atoms with van der Waals surface area (Å²) in [7, 11) is 3.57. The number of aromatic carboxylic acids is 1. The molecule has 2 unspecified atom stereocenters. The molecular weight excluding hydrogens is 527 g/mol. The van der Waals surface area contributed by atoms with Gasteiger partial charge in [-0.05, 0) is 53.4 Å². The molecule has 3 aliphatic rings. The zero-order chi connectivity index (χ0) is 29.9. The Bertz CT molecular complexity index is 1350. The van der Waals surface area contributed by atoms with Crippen molar-refractivity contribution < 1.29 is 29.0 Å². The molecule has 1 heterocycles. The van der Waals surface area contributed by atoms with E-state index in [0.717, 1.165) is 12.8 Å². The van der Waals surface area contributed by atoms with Gasteiger partial charge in [0.2, 0.25) is 5.91 Å². The van der Waals surface area contributed by atoms with E-state index in [2.05, 4.69) is 26.1 Å². The van der Waals surface area contributed by atoms with Crippen LogP contribution in [0.15, 0.2) is 36.4 Å². The number of carbonyl (C=O) groups excluding carboxylic acids is 1. The summed E-state index contributed by atoms with van der Waals surface area (Å²) in [6, 6.07) is 8.81. The normalized spacial score (nSPS) is 30.2. The zero-order valence-electron chi connectivity index (χ0n) is 24.4. The van der Waals surface area contributed by atoms with Crippen LogP contribution in [0.3, 0.4) is 0 Å². The number of anilines is 1. The van der Waals surface area contributed by atoms with E-state index in [-0.39, 0.29) is 59.2 Å². The number of aliphatic hydroxyl groups excluding tert-OH is 1. The summed E-state index contributed by atoms with van der Waals surface area (Å²) < 4.78 is 16.0. The Balaban J connectivity index is 1.41. The van der Waals surface area contributed by atoms with Crippen LogP contribution in [-0.4, -0.2) is 72.6 Å². The number of nitrogens with zero attached hydrogens (tertiary/aromatic N) is 2. The number of hydroxylamine groups is 2. The minimum absolute atomic E-state index is 0.0404. The van der Waals surface area contributed by atoms with Crippen molar-refractivity contribution in [2.24, 2.45) is 28.4 Å². The van der Waals surface area contributed by atoms with Crippen molar-refractivity contribution in [3.05, 3.63) is 53.3 Å². The van der Waals surface area contributed by atoms with E-state index in [1.807, 2.05) is 0 Å². The van der Waals surface area contributed by atoms with E-state index in [1.54, 1.807) is 43.3 Å². The summed E-state index contributed by atoms with van der Waals surface area (Å²) in [6.45, 7) is 6.49. The molecule has 1 saturated heterocycles. The molecule has 3 fully saturated rings. The number of benzene rings is 2. The Labute approximate surface area is 240 Å². The first-order valence-electron chi connectivity index (χ1n) is 14.2. The lowest BCUT2D eigenvalue weighted by molar-refractivity contribution is -0.203. The van der Waals surface area contributed by atoms with Gasteiger partial charge in [0.1, 0.15) is 11.9 Å². The van der Waals surface area contributed by atoms with Crippen molar-refractivity contribution in [1.29, 1.82) is 0 Å². The van der Waals surface area contributed by atoms with Crippen LogP contribution in [0.5, 0.6) is 0 Å². The highest BCUT2D eigenvalue weighted by atomic mass is 19.1. The topological polar surface area (TPSA) is 128 Å². The molecule has 2 aromatic rings. The summed E-state index contributed by atoms with van der Waals surface area (Å²) in [5, 5.41) is 24.5. The van der Waals surface area contributed by atoms with E-state index in [0.29, 0.717) is 17.2 Å². The molecule has 6 atom stereocenters. The number of carbonyl (C=O) groups is 2. The van der Waals surface area contributed by atoms with Gasteiger partial charge in [0, 0.05) is 49.4 Å². The number of halogens is 1. The quantitative estimate of drug-likeness (QED) is 0.363. The number of nitrogens with one attached hydrogen (secondary N) is 1. The zero-order valence-corrected chi connectivity index (χ0v) is 24.4. The van der Waals surface area contributed by atoms with Gasteiger partial charge in [0.15, 0.2) is 0 Å². The van der Waals surface area contributed by atoms with Crippen molar-refractivity contribution in [1.82, 2.24) is 10.4 Å². The summed E-state index contributed by atoms with van der Waals surface area (Å²) in [5.74, 6) is -1.90. The second-order valence-electron chi connectivity index (χ2n) is 13.0. The maximum absolute atomic E-state index is 16.0. The molecule has 9 nitrogen and oxygen atoms in total. The van der Waals surface area contributed by atoms with Crippen LogP contribution in [0, 0.1) is 28.5 Å². The number of amides is 1. The molecule has 222 valence electrons. The molecule has 1 aliphatic heterocycles. The highest BCUT2D eigenvalue weighted by Crippen LogP contribution is 2.69. The highest BCUT2D eigenvalue weighted by molar-refractivity contribution is 5.91. The Kier molecular flexibility index (Phi) is 7.65. The Hall–Kier alpha value is -3.05. The molecule has 2 saturated carbocycles. The largest absolute Gasteiger partial charge is 0.478 e. The van der Waals surface area contributed by atoms with Crippen LogP contribution in [0.2, 0.25) is 0 Å². The van der Waals surface area contributed by atoms with Crippen LogP contribution in [0.25, 0.3) is 11.1 Å². The molecule has 0 spiro atoms. The molecule has 2 aliphatic carbocycles. The summed E-state index contributed by atoms with van der Waals surface area (Å²) >= 11 is 0. The van der Waals surface area contributed by atoms with Crippen LogP contribution in [0.4, 0.5) is 10.1 Å². The van der Waals surface area contributed by atoms with Gasteiger partial charge in [0.25, 0.3) is 0 Å². The fraction of sp³-hybridized carbons (Fsp3) is 0.548. The minimum atomic E-state index is -1.11. The lowest BCUT2D eigenvalue weighted by atomic mass is 9.36. The number of nitrogens with two attached hydrogens (primary N) is 1. The molecule has 1 amide bonds. The molecule has 0 aromatic heterocycles. The number of carboxylic acids is 1. The number of rotatable bonds is 9. The summed E-state index contributed by atoms with van der Waals surface area (Å²) in [5.41, 5.74) is 7.89. The maximum Gasteiger partial charge on any atom is 0.335 e. The predicted octanol–water partition coefficient (Wildman–Crippen LogP) is 3.25. The van der Waals surface area contributed by atoms with Crippen LogP contribution < -0.4 is 16.0 Å². The van der Waals surface area contributed by atoms with Crippen molar-refractivity contribution in [2.75, 3.05) is 32.1 Å². The fourth-order valence-corrected chi connectivity index (χ4v) is 7.64. The second kappa shape index (κ2) is 10.7. The average molecular weight is 569 g/mol. The van der Waals surface area contributed by atoms with E-state index in [9.17, 15) is 19.8 Å². The molecule has 0 radical (unpaired) electrons. The number of hydrogen-bond donors (Lipinski definition) is 4. The Morgan fingerprint density at radius 1 is 1.22 bits per heavy atom. The van der Waals surface area contributed by atoms with Gasteiger partial charge in [-0.2, -0.15) is 5.06 Å². The smallest absolute Gasteiger partial charge is 0.335 e. The standard InChI is InChI=1S/C31H41FN4O5/c1-30(2)16-31(3)24(30)12-25(31)34-28(38)27-22(15-37)23(13-33)41-36(27)14-17-7-6-8-21(26(17)32)18-9-19(29(39)40)11-20(10-18)35(4)5/h6-11,22-25,27,37H,12-16,33H2,1-5H3,(H,34,38)(H,39,40)/t22-,23?,24-,25+,27+,31?/m1/s1. The third-order valence-electron chi connectivity index (χ3n) is 9.73. The molecule has 10 heteroatoms. The van der Waals surface area contributed by atoms with Crippen molar-refractivity contribution in [2.45, 2.75) is 58.3 Å². The SMILES string of the molecule is CN(C)c1cc(C(=O)O)cc(-c2cccc(CN3OC(CN)[C@@H](CO)[C@H]3C(=O)N[C@H]3C[C@@H]4C(C)(C)CC34C)c2F)c1. The number of hydrogen-bond acceptors (Lipinski definition) is 7. The molecular formula is C31H41FN4O5. The molecule has 41 heavy (non-hydrogen) atoms. The molecule has 5 N–H and O–H groups in total. The second-order valence-corrected chi connectivity index (χ2v) is 13.0. The van der Waals surface area contributed by atoms with Gasteiger partial charge in [-0.1, -0.05) is 39.0 Å². The number of fused-ring (bicyclic) bond motifs is 1. The fourth-order valence-electron chi connectivity index (χ4n) is 7.64. The lowest BCUT2D eigenvalue weighted by Crippen LogP contribution is -2.72. The lowest BCUT2D eigenvalue weighted by Gasteiger charge is -2.71. The number of carboxylic acid groups (broad SMARTS) is 1. The third-order valence-corrected chi connectivity index (χ3v) is 9.73. The molecule has 0 bridgehead atoms. The predicted molar refractivity (Wildman–Crippen MR) is 153 cm³/mol. The summed E-state index contributed by atoms with van der Waals surface area (Å²) in [6.07, 6.45) is 1.35. The molecule has 2 aromatic carbocycles. The van der Waals surface area contributed by atoms with Gasteiger partial charge in [0.05, 0.1) is 24.8 Å². The van der Waals surface area contributed by atoms with Crippen LogP contribution in [0.1, 0.15) is 49.5 Å². The van der Waals surface area contributed by atoms with Crippen molar-refractivity contribution in [3.8, 4) is 11.1 Å². The highest BCUT2D eigenvalue weighted by Gasteiger charge is 2.67. The van der Waals surface area contributed by atoms with E-state index in [4.69, 9.17) is 10.6 Å². The Morgan fingerprint density at radius 2 is 1.95 bits per heavy atom. The Morgan fingerprint density at radius 3 is 2.51 bits per heavy atom. The van der Waals surface area contributed by atoms with E-state index < -0.39 is 29.9 Å². The number of aliphatic hydroxyl groups is 1. The van der Waals surface area contributed by atoms with Gasteiger partial charge in [-0.3, -0.25) is 9.63 Å². The van der Waals surface area contributed by atoms with Gasteiger partial charge in [-0.15, -0.1) is 0 Å². The third kappa shape index (κ3) is 5.01.